The van der Waals surface area contributed by atoms with E-state index in [9.17, 15) is 4.79 Å². The maximum Gasteiger partial charge on any atom is 0.256 e. The molecule has 3 heterocycles. The number of rotatable bonds is 6. The number of hydrogen-bond donors (Lipinski definition) is 2. The highest BCUT2D eigenvalue weighted by atomic mass is 35.5. The molecule has 1 aliphatic carbocycles. The maximum absolute atomic E-state index is 15.7. The number of nitrogens with one attached hydrogen (secondary N) is 1. The number of aromatic nitrogens is 3. The topological polar surface area (TPSA) is 83.3 Å². The standard InChI is InChI=1S/C25H25ClFN5O2/c1-31(13-16-11-30-32(14-16)9-10-33)24(34)18-6-4-5-17(22(18)27)19-12-28-23-20(21(19)26)25(15-29-23)7-2-3-8-25/h2-6,11-12,14,33H,7-10,13,15H2,1H3,(H,28,29). The van der Waals surface area contributed by atoms with E-state index < -0.39 is 11.7 Å². The predicted octanol–water partition coefficient (Wildman–Crippen LogP) is 4.02. The van der Waals surface area contributed by atoms with Gasteiger partial charge in [-0.15, -0.1) is 0 Å². The normalized spacial score (nSPS) is 15.5. The molecule has 5 rings (SSSR count). The SMILES string of the molecule is CN(Cc1cnn(CCO)c1)C(=O)c1cccc(-c2cnc3c(c2Cl)C2(CC=CC2)CN3)c1F. The summed E-state index contributed by atoms with van der Waals surface area (Å²) >= 11 is 6.86. The number of anilines is 1. The van der Waals surface area contributed by atoms with E-state index in [1.165, 1.54) is 11.0 Å². The van der Waals surface area contributed by atoms with Gasteiger partial charge in [-0.3, -0.25) is 9.48 Å². The quantitative estimate of drug-likeness (QED) is 0.520. The number of aliphatic hydroxyl groups excluding tert-OH is 1. The van der Waals surface area contributed by atoms with Gasteiger partial charge >= 0.3 is 0 Å². The summed E-state index contributed by atoms with van der Waals surface area (Å²) in [6, 6.07) is 4.77. The zero-order valence-electron chi connectivity index (χ0n) is 18.8. The van der Waals surface area contributed by atoms with E-state index in [-0.39, 0.29) is 29.7 Å². The minimum atomic E-state index is -0.622. The van der Waals surface area contributed by atoms with Crippen LogP contribution in [0.15, 0.2) is 48.9 Å². The number of benzene rings is 1. The fourth-order valence-electron chi connectivity index (χ4n) is 4.85. The van der Waals surface area contributed by atoms with Crippen LogP contribution in [0.3, 0.4) is 0 Å². The first kappa shape index (κ1) is 22.6. The number of hydrogen-bond acceptors (Lipinski definition) is 5. The van der Waals surface area contributed by atoms with E-state index >= 15 is 4.39 Å². The monoisotopic (exact) mass is 481 g/mol. The number of carbonyl (C=O) groups is 1. The molecule has 3 aromatic rings. The fourth-order valence-corrected chi connectivity index (χ4v) is 5.30. The third-order valence-corrected chi connectivity index (χ3v) is 7.02. The molecule has 0 saturated carbocycles. The highest BCUT2D eigenvalue weighted by Crippen LogP contribution is 2.50. The summed E-state index contributed by atoms with van der Waals surface area (Å²) in [5.74, 6) is -0.326. The van der Waals surface area contributed by atoms with Gasteiger partial charge in [0.05, 0.1) is 29.9 Å². The summed E-state index contributed by atoms with van der Waals surface area (Å²) in [4.78, 5) is 19.1. The lowest BCUT2D eigenvalue weighted by Crippen LogP contribution is -2.27. The van der Waals surface area contributed by atoms with Crippen LogP contribution in [0.25, 0.3) is 11.1 Å². The van der Waals surface area contributed by atoms with Crippen LogP contribution in [-0.4, -0.2) is 50.9 Å². The van der Waals surface area contributed by atoms with E-state index in [0.717, 1.165) is 36.3 Å². The Bertz CT molecular complexity index is 1280. The molecule has 0 fully saturated rings. The maximum atomic E-state index is 15.7. The van der Waals surface area contributed by atoms with Crippen LogP contribution < -0.4 is 5.32 Å². The summed E-state index contributed by atoms with van der Waals surface area (Å²) in [5, 5.41) is 17.0. The van der Waals surface area contributed by atoms with Crippen molar-refractivity contribution in [1.82, 2.24) is 19.7 Å². The zero-order chi connectivity index (χ0) is 23.9. The van der Waals surface area contributed by atoms with Crippen molar-refractivity contribution in [3.63, 3.8) is 0 Å². The molecule has 2 N–H and O–H groups in total. The molecule has 0 unspecified atom stereocenters. The average molecular weight is 482 g/mol. The van der Waals surface area contributed by atoms with Crippen molar-refractivity contribution in [2.24, 2.45) is 0 Å². The van der Waals surface area contributed by atoms with Gasteiger partial charge in [0.15, 0.2) is 0 Å². The molecule has 0 radical (unpaired) electrons. The van der Waals surface area contributed by atoms with E-state index in [0.29, 0.717) is 17.1 Å². The number of allylic oxidation sites excluding steroid dienone is 2. The van der Waals surface area contributed by atoms with Gasteiger partial charge in [0, 0.05) is 60.2 Å². The van der Waals surface area contributed by atoms with Crippen LogP contribution >= 0.6 is 11.6 Å². The fraction of sp³-hybridized carbons (Fsp3) is 0.320. The Morgan fingerprint density at radius 3 is 2.85 bits per heavy atom. The van der Waals surface area contributed by atoms with Crippen LogP contribution in [-0.2, 0) is 18.5 Å². The summed E-state index contributed by atoms with van der Waals surface area (Å²) in [6.45, 7) is 1.35. The molecule has 0 atom stereocenters. The molecule has 9 heteroatoms. The third kappa shape index (κ3) is 3.76. The van der Waals surface area contributed by atoms with E-state index in [4.69, 9.17) is 16.7 Å². The zero-order valence-corrected chi connectivity index (χ0v) is 19.5. The van der Waals surface area contributed by atoms with Crippen molar-refractivity contribution in [2.75, 3.05) is 25.5 Å². The Morgan fingerprint density at radius 2 is 2.09 bits per heavy atom. The van der Waals surface area contributed by atoms with Gasteiger partial charge < -0.3 is 15.3 Å². The Morgan fingerprint density at radius 1 is 1.29 bits per heavy atom. The Balaban J connectivity index is 1.45. The van der Waals surface area contributed by atoms with E-state index in [1.807, 2.05) is 0 Å². The van der Waals surface area contributed by atoms with Gasteiger partial charge in [-0.1, -0.05) is 35.9 Å². The summed E-state index contributed by atoms with van der Waals surface area (Å²) < 4.78 is 17.3. The minimum Gasteiger partial charge on any atom is -0.394 e. The largest absolute Gasteiger partial charge is 0.394 e. The van der Waals surface area contributed by atoms with Crippen molar-refractivity contribution in [3.05, 3.63) is 76.5 Å². The van der Waals surface area contributed by atoms with Crippen molar-refractivity contribution in [1.29, 1.82) is 0 Å². The molecule has 2 aromatic heterocycles. The van der Waals surface area contributed by atoms with Crippen molar-refractivity contribution in [2.45, 2.75) is 31.3 Å². The number of amides is 1. The Hall–Kier alpha value is -3.23. The number of halogens is 2. The molecule has 0 saturated heterocycles. The van der Waals surface area contributed by atoms with Gasteiger partial charge in [-0.2, -0.15) is 5.10 Å². The molecular weight excluding hydrogens is 457 g/mol. The minimum absolute atomic E-state index is 0.0261. The molecule has 1 amide bonds. The van der Waals surface area contributed by atoms with Crippen molar-refractivity contribution < 1.29 is 14.3 Å². The first-order valence-corrected chi connectivity index (χ1v) is 11.6. The smallest absolute Gasteiger partial charge is 0.256 e. The lowest BCUT2D eigenvalue weighted by Gasteiger charge is -2.24. The average Bonchev–Trinajstić information content (AvgIpc) is 3.56. The number of nitrogens with zero attached hydrogens (tertiary/aromatic N) is 4. The van der Waals surface area contributed by atoms with Crippen LogP contribution in [0, 0.1) is 5.82 Å². The molecule has 1 spiro atoms. The molecule has 7 nitrogen and oxygen atoms in total. The molecule has 176 valence electrons. The number of carbonyl (C=O) groups excluding carboxylic acids is 1. The van der Waals surface area contributed by atoms with E-state index in [1.54, 1.807) is 42.5 Å². The lowest BCUT2D eigenvalue weighted by atomic mass is 9.80. The Labute approximate surface area is 201 Å². The first-order chi connectivity index (χ1) is 16.4. The highest BCUT2D eigenvalue weighted by molar-refractivity contribution is 6.34. The third-order valence-electron chi connectivity index (χ3n) is 6.63. The molecule has 1 aliphatic heterocycles. The van der Waals surface area contributed by atoms with Gasteiger partial charge in [0.1, 0.15) is 11.6 Å². The van der Waals surface area contributed by atoms with Gasteiger partial charge in [-0.05, 0) is 18.9 Å². The number of aliphatic hydroxyl groups is 1. The van der Waals surface area contributed by atoms with Crippen LogP contribution in [0.5, 0.6) is 0 Å². The second-order valence-electron chi connectivity index (χ2n) is 8.89. The first-order valence-electron chi connectivity index (χ1n) is 11.2. The van der Waals surface area contributed by atoms with Gasteiger partial charge in [0.2, 0.25) is 0 Å². The predicted molar refractivity (Wildman–Crippen MR) is 128 cm³/mol. The van der Waals surface area contributed by atoms with Crippen LogP contribution in [0.1, 0.15) is 34.3 Å². The van der Waals surface area contributed by atoms with Crippen molar-refractivity contribution >= 4 is 23.3 Å². The second kappa shape index (κ2) is 8.85. The number of fused-ring (bicyclic) bond motifs is 2. The molecule has 2 aliphatic rings. The lowest BCUT2D eigenvalue weighted by molar-refractivity contribution is 0.0780. The highest BCUT2D eigenvalue weighted by Gasteiger charge is 2.42. The number of pyridine rings is 1. The molecule has 0 bridgehead atoms. The summed E-state index contributed by atoms with van der Waals surface area (Å²) in [7, 11) is 1.62. The second-order valence-corrected chi connectivity index (χ2v) is 9.26. The molecule has 34 heavy (non-hydrogen) atoms. The van der Waals surface area contributed by atoms with Gasteiger partial charge in [0.25, 0.3) is 5.91 Å². The van der Waals surface area contributed by atoms with Gasteiger partial charge in [-0.25, -0.2) is 9.37 Å². The van der Waals surface area contributed by atoms with Crippen LogP contribution in [0.4, 0.5) is 10.2 Å². The molecular formula is C25H25ClFN5O2. The van der Waals surface area contributed by atoms with Crippen molar-refractivity contribution in [3.8, 4) is 11.1 Å². The van der Waals surface area contributed by atoms with Crippen LogP contribution in [0.2, 0.25) is 5.02 Å². The van der Waals surface area contributed by atoms with E-state index in [2.05, 4.69) is 27.6 Å². The summed E-state index contributed by atoms with van der Waals surface area (Å²) in [5.41, 5.74) is 2.26. The molecule has 1 aromatic carbocycles. The Kier molecular flexibility index (Phi) is 5.87. The summed E-state index contributed by atoms with van der Waals surface area (Å²) in [6.07, 6.45) is 11.0.